The summed E-state index contributed by atoms with van der Waals surface area (Å²) in [6.07, 6.45) is 15.4. The van der Waals surface area contributed by atoms with E-state index in [4.69, 9.17) is 0 Å². The predicted octanol–water partition coefficient (Wildman–Crippen LogP) is 6.50. The van der Waals surface area contributed by atoms with Crippen LogP contribution in [0.1, 0.15) is 105 Å². The molecule has 0 radical (unpaired) electrons. The molecular weight excluding hydrogens is 356 g/mol. The van der Waals surface area contributed by atoms with Crippen LogP contribution in [0.15, 0.2) is 11.6 Å². The fraction of sp³-hybridized carbons (Fsp3) is 0.926. The minimum atomic E-state index is -0.963. The third kappa shape index (κ3) is 3.45. The summed E-state index contributed by atoms with van der Waals surface area (Å²) in [6.45, 7) is 11.4. The van der Waals surface area contributed by atoms with Gasteiger partial charge in [0.25, 0.3) is 0 Å². The third-order valence-corrected chi connectivity index (χ3v) is 10.4. The summed E-state index contributed by atoms with van der Waals surface area (Å²) in [5, 5.41) is 22.5. The molecule has 0 aromatic rings. The van der Waals surface area contributed by atoms with Gasteiger partial charge in [0.15, 0.2) is 0 Å². The minimum absolute atomic E-state index is 0.180. The van der Waals surface area contributed by atoms with Crippen molar-refractivity contribution in [3.8, 4) is 0 Å². The summed E-state index contributed by atoms with van der Waals surface area (Å²) in [5.74, 6) is 3.14. The molecule has 4 rings (SSSR count). The molecule has 0 heterocycles. The van der Waals surface area contributed by atoms with Crippen LogP contribution in [0.5, 0.6) is 0 Å². The molecule has 0 saturated heterocycles. The van der Waals surface area contributed by atoms with Crippen LogP contribution < -0.4 is 0 Å². The van der Waals surface area contributed by atoms with Crippen molar-refractivity contribution in [2.45, 2.75) is 117 Å². The second-order valence-corrected chi connectivity index (χ2v) is 12.4. The number of fused-ring (bicyclic) bond motifs is 5. The number of hydrogen-bond acceptors (Lipinski definition) is 2. The Morgan fingerprint density at radius 3 is 2.55 bits per heavy atom. The zero-order valence-corrected chi connectivity index (χ0v) is 19.7. The summed E-state index contributed by atoms with van der Waals surface area (Å²) in [4.78, 5) is 0. The highest BCUT2D eigenvalue weighted by molar-refractivity contribution is 5.24. The van der Waals surface area contributed by atoms with Gasteiger partial charge >= 0.3 is 0 Å². The molecule has 3 saturated carbocycles. The fourth-order valence-electron chi connectivity index (χ4n) is 8.67. The molecule has 0 spiro atoms. The molecule has 0 aromatic heterocycles. The quantitative estimate of drug-likeness (QED) is 0.515. The molecule has 4 aliphatic rings. The Balaban J connectivity index is 1.56. The molecule has 8 atom stereocenters. The topological polar surface area (TPSA) is 40.5 Å². The first-order valence-corrected chi connectivity index (χ1v) is 12.7. The van der Waals surface area contributed by atoms with Crippen LogP contribution in [-0.2, 0) is 0 Å². The van der Waals surface area contributed by atoms with E-state index < -0.39 is 11.7 Å². The molecule has 0 bridgehead atoms. The molecule has 4 aliphatic carbocycles. The number of rotatable bonds is 5. The SMILES string of the molecule is CC(C)CC[C@H](O)[C@](C)(O)[C@H]1CC[C@@H]2[C@@H]3CC=C4CCCC[C@@]4(C)[C@@H]3CC[C@]21C. The highest BCUT2D eigenvalue weighted by Gasteiger charge is 2.61. The Hall–Kier alpha value is -0.340. The maximum absolute atomic E-state index is 11.6. The lowest BCUT2D eigenvalue weighted by molar-refractivity contribution is -0.151. The first-order chi connectivity index (χ1) is 13.6. The van der Waals surface area contributed by atoms with Crippen LogP contribution in [0, 0.1) is 40.4 Å². The van der Waals surface area contributed by atoms with E-state index >= 15 is 0 Å². The standard InChI is InChI=1S/C27H46O2/c1-18(2)9-14-24(28)27(5,29)23-13-12-21-20-11-10-19-8-6-7-16-25(19,3)22(20)15-17-26(21,23)4/h10,18,20-24,28-29H,6-9,11-17H2,1-5H3/t20-,21+,22+,23-,24-,25+,26+,27+/m0/s1. The van der Waals surface area contributed by atoms with E-state index in [0.717, 1.165) is 31.1 Å². The average molecular weight is 403 g/mol. The molecule has 2 heteroatoms. The van der Waals surface area contributed by atoms with Crippen molar-refractivity contribution in [3.05, 3.63) is 11.6 Å². The van der Waals surface area contributed by atoms with Crippen LogP contribution >= 0.6 is 0 Å². The van der Waals surface area contributed by atoms with Crippen LogP contribution in [0.3, 0.4) is 0 Å². The Bertz CT molecular complexity index is 634. The average Bonchev–Trinajstić information content (AvgIpc) is 3.03. The van der Waals surface area contributed by atoms with Crippen LogP contribution in [0.2, 0.25) is 0 Å². The first-order valence-electron chi connectivity index (χ1n) is 12.7. The molecule has 2 N–H and O–H groups in total. The van der Waals surface area contributed by atoms with E-state index in [0.29, 0.717) is 17.3 Å². The summed E-state index contributed by atoms with van der Waals surface area (Å²) >= 11 is 0. The highest BCUT2D eigenvalue weighted by Crippen LogP contribution is 2.67. The maximum atomic E-state index is 11.6. The molecule has 3 fully saturated rings. The van der Waals surface area contributed by atoms with E-state index in [1.54, 1.807) is 5.57 Å². The first kappa shape index (κ1) is 21.9. The fourth-order valence-corrected chi connectivity index (χ4v) is 8.67. The van der Waals surface area contributed by atoms with Gasteiger partial charge in [0.1, 0.15) is 0 Å². The van der Waals surface area contributed by atoms with Gasteiger partial charge in [-0.05, 0) is 112 Å². The van der Waals surface area contributed by atoms with Crippen LogP contribution in [0.25, 0.3) is 0 Å². The molecular formula is C27H46O2. The molecule has 0 unspecified atom stereocenters. The Morgan fingerprint density at radius 2 is 1.83 bits per heavy atom. The van der Waals surface area contributed by atoms with E-state index in [1.807, 2.05) is 6.92 Å². The predicted molar refractivity (Wildman–Crippen MR) is 121 cm³/mol. The summed E-state index contributed by atoms with van der Waals surface area (Å²) in [6, 6.07) is 0. The lowest BCUT2D eigenvalue weighted by Crippen LogP contribution is -2.55. The van der Waals surface area contributed by atoms with E-state index in [9.17, 15) is 10.2 Å². The second kappa shape index (κ2) is 7.66. The summed E-state index contributed by atoms with van der Waals surface area (Å²) in [7, 11) is 0. The van der Waals surface area contributed by atoms with Gasteiger partial charge in [-0.15, -0.1) is 0 Å². The van der Waals surface area contributed by atoms with Gasteiger partial charge in [0.05, 0.1) is 11.7 Å². The van der Waals surface area contributed by atoms with Gasteiger partial charge in [-0.1, -0.05) is 45.8 Å². The van der Waals surface area contributed by atoms with Gasteiger partial charge in [-0.25, -0.2) is 0 Å². The second-order valence-electron chi connectivity index (χ2n) is 12.4. The van der Waals surface area contributed by atoms with Gasteiger partial charge in [0.2, 0.25) is 0 Å². The van der Waals surface area contributed by atoms with Crippen molar-refractivity contribution < 1.29 is 10.2 Å². The van der Waals surface area contributed by atoms with Crippen molar-refractivity contribution in [1.82, 2.24) is 0 Å². The molecule has 0 amide bonds. The zero-order chi connectivity index (χ0) is 21.0. The molecule has 29 heavy (non-hydrogen) atoms. The van der Waals surface area contributed by atoms with E-state index in [-0.39, 0.29) is 11.3 Å². The summed E-state index contributed by atoms with van der Waals surface area (Å²) < 4.78 is 0. The summed E-state index contributed by atoms with van der Waals surface area (Å²) in [5.41, 5.74) is 1.44. The van der Waals surface area contributed by atoms with Crippen molar-refractivity contribution in [2.24, 2.45) is 40.4 Å². The van der Waals surface area contributed by atoms with Crippen molar-refractivity contribution in [1.29, 1.82) is 0 Å². The number of aliphatic hydroxyl groups is 2. The largest absolute Gasteiger partial charge is 0.390 e. The molecule has 2 nitrogen and oxygen atoms in total. The zero-order valence-electron chi connectivity index (χ0n) is 19.7. The monoisotopic (exact) mass is 402 g/mol. The Morgan fingerprint density at radius 1 is 1.07 bits per heavy atom. The van der Waals surface area contributed by atoms with E-state index in [2.05, 4.69) is 33.8 Å². The third-order valence-electron chi connectivity index (χ3n) is 10.4. The number of hydrogen-bond donors (Lipinski definition) is 2. The molecule has 166 valence electrons. The Kier molecular flexibility index (Phi) is 5.78. The number of allylic oxidation sites excluding steroid dienone is 2. The highest BCUT2D eigenvalue weighted by atomic mass is 16.3. The lowest BCUT2D eigenvalue weighted by atomic mass is 9.46. The van der Waals surface area contributed by atoms with Gasteiger partial charge in [-0.3, -0.25) is 0 Å². The van der Waals surface area contributed by atoms with Crippen LogP contribution in [0.4, 0.5) is 0 Å². The molecule has 0 aliphatic heterocycles. The maximum Gasteiger partial charge on any atom is 0.0910 e. The van der Waals surface area contributed by atoms with Gasteiger partial charge < -0.3 is 10.2 Å². The molecule has 0 aromatic carbocycles. The van der Waals surface area contributed by atoms with Crippen molar-refractivity contribution in [3.63, 3.8) is 0 Å². The van der Waals surface area contributed by atoms with Gasteiger partial charge in [0, 0.05) is 0 Å². The lowest BCUT2D eigenvalue weighted by Gasteiger charge is -2.58. The normalized spacial score (nSPS) is 45.0. The minimum Gasteiger partial charge on any atom is -0.390 e. The van der Waals surface area contributed by atoms with Gasteiger partial charge in [-0.2, -0.15) is 0 Å². The van der Waals surface area contributed by atoms with Crippen molar-refractivity contribution in [2.75, 3.05) is 0 Å². The van der Waals surface area contributed by atoms with Crippen molar-refractivity contribution >= 4 is 0 Å². The smallest absolute Gasteiger partial charge is 0.0910 e. The van der Waals surface area contributed by atoms with Crippen LogP contribution in [-0.4, -0.2) is 21.9 Å². The number of aliphatic hydroxyl groups excluding tert-OH is 1. The van der Waals surface area contributed by atoms with E-state index in [1.165, 1.54) is 51.4 Å². The Labute approximate surface area is 179 Å².